The van der Waals surface area contributed by atoms with Crippen LogP contribution in [0.2, 0.25) is 5.02 Å². The van der Waals surface area contributed by atoms with Gasteiger partial charge >= 0.3 is 6.03 Å². The zero-order chi connectivity index (χ0) is 23.7. The third kappa shape index (κ3) is 4.60. The van der Waals surface area contributed by atoms with E-state index in [9.17, 15) is 9.18 Å². The van der Waals surface area contributed by atoms with Crippen molar-refractivity contribution in [2.75, 3.05) is 31.5 Å². The van der Waals surface area contributed by atoms with Crippen molar-refractivity contribution >= 4 is 34.5 Å². The number of aryl methyl sites for hydroxylation is 1. The average Bonchev–Trinajstić information content (AvgIpc) is 3.19. The molecular formula is C25H24ClFN6O. The maximum absolute atomic E-state index is 13.5. The maximum atomic E-state index is 13.5. The van der Waals surface area contributed by atoms with Gasteiger partial charge in [-0.25, -0.2) is 19.2 Å². The highest BCUT2D eigenvalue weighted by molar-refractivity contribution is 6.33. The summed E-state index contributed by atoms with van der Waals surface area (Å²) in [6.07, 6.45) is 1.73. The van der Waals surface area contributed by atoms with E-state index in [-0.39, 0.29) is 11.8 Å². The Morgan fingerprint density at radius 1 is 1.09 bits per heavy atom. The molecule has 4 aromatic rings. The highest BCUT2D eigenvalue weighted by atomic mass is 35.5. The molecule has 7 nitrogen and oxygen atoms in total. The lowest BCUT2D eigenvalue weighted by atomic mass is 10.2. The molecule has 0 spiro atoms. The largest absolute Gasteiger partial charge is 0.322 e. The fourth-order valence-corrected chi connectivity index (χ4v) is 4.43. The van der Waals surface area contributed by atoms with Crippen LogP contribution in [0.25, 0.3) is 16.9 Å². The molecule has 174 valence electrons. The lowest BCUT2D eigenvalue weighted by Gasteiger charge is -2.34. The summed E-state index contributed by atoms with van der Waals surface area (Å²) in [6, 6.07) is 15.5. The molecule has 2 aromatic heterocycles. The van der Waals surface area contributed by atoms with E-state index in [2.05, 4.69) is 15.2 Å². The first kappa shape index (κ1) is 22.3. The number of nitrogens with one attached hydrogen (secondary N) is 1. The summed E-state index contributed by atoms with van der Waals surface area (Å²) in [4.78, 5) is 26.1. The molecule has 0 unspecified atom stereocenters. The summed E-state index contributed by atoms with van der Waals surface area (Å²) in [7, 11) is 0. The van der Waals surface area contributed by atoms with Gasteiger partial charge in [-0.15, -0.1) is 0 Å². The smallest absolute Gasteiger partial charge is 0.321 e. The van der Waals surface area contributed by atoms with E-state index in [1.54, 1.807) is 23.2 Å². The number of hydrogen-bond acceptors (Lipinski definition) is 4. The van der Waals surface area contributed by atoms with E-state index in [1.165, 1.54) is 12.1 Å². The highest BCUT2D eigenvalue weighted by Crippen LogP contribution is 2.24. The molecule has 3 heterocycles. The average molecular weight is 479 g/mol. The monoisotopic (exact) mass is 478 g/mol. The van der Waals surface area contributed by atoms with Crippen LogP contribution in [0, 0.1) is 12.7 Å². The minimum Gasteiger partial charge on any atom is -0.322 e. The molecule has 1 aliphatic heterocycles. The van der Waals surface area contributed by atoms with Gasteiger partial charge in [-0.05, 0) is 61.0 Å². The fourth-order valence-electron chi connectivity index (χ4n) is 4.15. The molecule has 1 aliphatic rings. The number of anilines is 1. The molecule has 0 aliphatic carbocycles. The van der Waals surface area contributed by atoms with E-state index in [0.29, 0.717) is 43.4 Å². The Bertz CT molecular complexity index is 1330. The van der Waals surface area contributed by atoms with Gasteiger partial charge in [0.05, 0.1) is 17.3 Å². The molecule has 1 fully saturated rings. The number of aromatic nitrogens is 3. The van der Waals surface area contributed by atoms with Crippen molar-refractivity contribution in [3.63, 3.8) is 0 Å². The summed E-state index contributed by atoms with van der Waals surface area (Å²) in [5, 5.41) is 3.43. The minimum atomic E-state index is -0.288. The van der Waals surface area contributed by atoms with Crippen molar-refractivity contribution < 1.29 is 9.18 Å². The van der Waals surface area contributed by atoms with Gasteiger partial charge in [-0.3, -0.25) is 9.47 Å². The number of nitrogens with zero attached hydrogens (tertiary/aromatic N) is 5. The number of amides is 2. The number of piperazine rings is 1. The van der Waals surface area contributed by atoms with Crippen LogP contribution in [0.3, 0.4) is 0 Å². The summed E-state index contributed by atoms with van der Waals surface area (Å²) in [5.41, 5.74) is 3.98. The predicted octanol–water partition coefficient (Wildman–Crippen LogP) is 4.87. The van der Waals surface area contributed by atoms with Crippen molar-refractivity contribution in [1.82, 2.24) is 24.3 Å². The maximum Gasteiger partial charge on any atom is 0.321 e. The number of halogens is 2. The number of hydrogen-bond donors (Lipinski definition) is 1. The topological polar surface area (TPSA) is 66.3 Å². The number of fused-ring (bicyclic) bond motifs is 1. The van der Waals surface area contributed by atoms with Crippen LogP contribution in [0.5, 0.6) is 0 Å². The molecule has 0 bridgehead atoms. The molecule has 34 heavy (non-hydrogen) atoms. The highest BCUT2D eigenvalue weighted by Gasteiger charge is 2.24. The van der Waals surface area contributed by atoms with Gasteiger partial charge in [-0.2, -0.15) is 0 Å². The Labute approximate surface area is 201 Å². The standard InChI is InChI=1S/C25H24ClFN6O/c1-17-4-9-21(20(26)15-17)30-25(34)32-13-11-31(12-14-32)16-23-29-22-3-2-10-28-24(22)33(23)19-7-5-18(27)6-8-19/h2-10,15H,11-14,16H2,1H3,(H,30,34). The quantitative estimate of drug-likeness (QED) is 0.454. The molecule has 0 radical (unpaired) electrons. The molecular weight excluding hydrogens is 455 g/mol. The van der Waals surface area contributed by atoms with E-state index < -0.39 is 0 Å². The second-order valence-corrected chi connectivity index (χ2v) is 8.77. The van der Waals surface area contributed by atoms with Crippen LogP contribution < -0.4 is 5.32 Å². The van der Waals surface area contributed by atoms with Crippen molar-refractivity contribution in [3.05, 3.63) is 83.0 Å². The molecule has 0 atom stereocenters. The molecule has 2 amide bonds. The number of carbonyl (C=O) groups is 1. The molecule has 1 saturated heterocycles. The van der Waals surface area contributed by atoms with Crippen LogP contribution in [0.4, 0.5) is 14.9 Å². The Balaban J connectivity index is 1.28. The molecule has 9 heteroatoms. The van der Waals surface area contributed by atoms with E-state index in [4.69, 9.17) is 16.6 Å². The number of pyridine rings is 1. The normalized spacial score (nSPS) is 14.5. The molecule has 5 rings (SSSR count). The zero-order valence-corrected chi connectivity index (χ0v) is 19.5. The van der Waals surface area contributed by atoms with Gasteiger partial charge in [-0.1, -0.05) is 17.7 Å². The number of carbonyl (C=O) groups excluding carboxylic acids is 1. The molecule has 1 N–H and O–H groups in total. The van der Waals surface area contributed by atoms with Gasteiger partial charge in [0.15, 0.2) is 5.65 Å². The summed E-state index contributed by atoms with van der Waals surface area (Å²) < 4.78 is 15.5. The van der Waals surface area contributed by atoms with Gasteiger partial charge < -0.3 is 10.2 Å². The second-order valence-electron chi connectivity index (χ2n) is 8.36. The first-order valence-electron chi connectivity index (χ1n) is 11.1. The first-order chi connectivity index (χ1) is 16.5. The lowest BCUT2D eigenvalue weighted by Crippen LogP contribution is -2.49. The van der Waals surface area contributed by atoms with Crippen LogP contribution in [0.1, 0.15) is 11.4 Å². The van der Waals surface area contributed by atoms with Crippen LogP contribution in [-0.2, 0) is 6.54 Å². The van der Waals surface area contributed by atoms with Crippen molar-refractivity contribution in [1.29, 1.82) is 0 Å². The van der Waals surface area contributed by atoms with Gasteiger partial charge in [0.2, 0.25) is 0 Å². The SMILES string of the molecule is Cc1ccc(NC(=O)N2CCN(Cc3nc4cccnc4n3-c3ccc(F)cc3)CC2)c(Cl)c1. The first-order valence-corrected chi connectivity index (χ1v) is 11.5. The van der Waals surface area contributed by atoms with Crippen LogP contribution in [0.15, 0.2) is 60.8 Å². The number of urea groups is 1. The van der Waals surface area contributed by atoms with Crippen molar-refractivity contribution in [3.8, 4) is 5.69 Å². The molecule has 0 saturated carbocycles. The zero-order valence-electron chi connectivity index (χ0n) is 18.7. The molecule has 2 aromatic carbocycles. The Kier molecular flexibility index (Phi) is 6.17. The Morgan fingerprint density at radius 2 is 1.85 bits per heavy atom. The summed E-state index contributed by atoms with van der Waals surface area (Å²) in [5.74, 6) is 0.536. The summed E-state index contributed by atoms with van der Waals surface area (Å²) in [6.45, 7) is 5.13. The third-order valence-corrected chi connectivity index (χ3v) is 6.27. The predicted molar refractivity (Wildman–Crippen MR) is 131 cm³/mol. The Hall–Kier alpha value is -3.49. The van der Waals surface area contributed by atoms with Crippen LogP contribution in [-0.4, -0.2) is 56.5 Å². The van der Waals surface area contributed by atoms with Crippen molar-refractivity contribution in [2.24, 2.45) is 0 Å². The number of benzene rings is 2. The van der Waals surface area contributed by atoms with Gasteiger partial charge in [0.25, 0.3) is 0 Å². The minimum absolute atomic E-state index is 0.159. The van der Waals surface area contributed by atoms with E-state index in [0.717, 1.165) is 28.2 Å². The second kappa shape index (κ2) is 9.40. The van der Waals surface area contributed by atoms with Gasteiger partial charge in [0.1, 0.15) is 17.2 Å². The van der Waals surface area contributed by atoms with Crippen molar-refractivity contribution in [2.45, 2.75) is 13.5 Å². The Morgan fingerprint density at radius 3 is 2.59 bits per heavy atom. The van der Waals surface area contributed by atoms with E-state index in [1.807, 2.05) is 41.8 Å². The third-order valence-electron chi connectivity index (χ3n) is 5.96. The number of rotatable bonds is 4. The van der Waals surface area contributed by atoms with E-state index >= 15 is 0 Å². The lowest BCUT2D eigenvalue weighted by molar-refractivity contribution is 0.140. The fraction of sp³-hybridized carbons (Fsp3) is 0.240. The summed E-state index contributed by atoms with van der Waals surface area (Å²) >= 11 is 6.26. The number of imidazole rings is 1. The van der Waals surface area contributed by atoms with Gasteiger partial charge in [0, 0.05) is 38.1 Å². The van der Waals surface area contributed by atoms with Crippen LogP contribution >= 0.6 is 11.6 Å².